The largest absolute Gasteiger partial charge is 0.444 e. The first-order chi connectivity index (χ1) is 16.8. The minimum atomic E-state index is -1.31. The highest BCUT2D eigenvalue weighted by molar-refractivity contribution is 5.89. The van der Waals surface area contributed by atoms with Crippen LogP contribution in [-0.2, 0) is 20.9 Å². The number of fused-ring (bicyclic) bond motifs is 1. The number of ether oxygens (including phenoxy) is 2. The number of carbonyl (C=O) groups excluding carboxylic acids is 2. The zero-order valence-corrected chi connectivity index (χ0v) is 21.0. The topological polar surface area (TPSA) is 148 Å². The Morgan fingerprint density at radius 3 is 2.44 bits per heavy atom. The van der Waals surface area contributed by atoms with Gasteiger partial charge in [-0.3, -0.25) is 14.9 Å². The van der Waals surface area contributed by atoms with Crippen LogP contribution >= 0.6 is 0 Å². The summed E-state index contributed by atoms with van der Waals surface area (Å²) in [5.74, 6) is -0.131. The van der Waals surface area contributed by atoms with Gasteiger partial charge in [0.2, 0.25) is 5.91 Å². The Kier molecular flexibility index (Phi) is 7.93. The van der Waals surface area contributed by atoms with E-state index in [1.54, 1.807) is 34.6 Å². The molecule has 3 N–H and O–H groups in total. The third-order valence-electron chi connectivity index (χ3n) is 5.11. The van der Waals surface area contributed by atoms with Crippen LogP contribution in [0.3, 0.4) is 0 Å². The second-order valence-electron chi connectivity index (χ2n) is 9.86. The Hall–Kier alpha value is -3.99. The lowest BCUT2D eigenvalue weighted by Gasteiger charge is -2.29. The number of hydrogen-bond donors (Lipinski definition) is 3. The molecule has 1 aromatic heterocycles. The first-order valence-corrected chi connectivity index (χ1v) is 11.4. The van der Waals surface area contributed by atoms with Crippen molar-refractivity contribution in [2.24, 2.45) is 0 Å². The molecule has 0 spiro atoms. The van der Waals surface area contributed by atoms with Crippen molar-refractivity contribution in [2.45, 2.75) is 58.4 Å². The summed E-state index contributed by atoms with van der Waals surface area (Å²) in [5.41, 5.74) is -0.209. The van der Waals surface area contributed by atoms with Crippen molar-refractivity contribution in [1.82, 2.24) is 20.6 Å². The number of nitro groups is 1. The van der Waals surface area contributed by atoms with Gasteiger partial charge < -0.3 is 25.1 Å². The van der Waals surface area contributed by atoms with E-state index in [4.69, 9.17) is 9.47 Å². The Labute approximate surface area is 208 Å². The molecule has 1 heterocycles. The maximum absolute atomic E-state index is 13.2. The number of benzene rings is 2. The van der Waals surface area contributed by atoms with E-state index < -0.39 is 34.1 Å². The van der Waals surface area contributed by atoms with Crippen molar-refractivity contribution in [3.63, 3.8) is 0 Å². The molecule has 0 bridgehead atoms. The highest BCUT2D eigenvalue weighted by atomic mass is 16.6. The van der Waals surface area contributed by atoms with Gasteiger partial charge in [0, 0.05) is 12.1 Å². The molecule has 2 amide bonds. The molecule has 3 rings (SSSR count). The minimum Gasteiger partial charge on any atom is -0.444 e. The number of amides is 2. The van der Waals surface area contributed by atoms with Crippen LogP contribution in [-0.4, -0.2) is 44.6 Å². The third-order valence-corrected chi connectivity index (χ3v) is 5.11. The molecule has 0 fully saturated rings. The summed E-state index contributed by atoms with van der Waals surface area (Å²) in [6.07, 6.45) is -0.726. The molecule has 0 aliphatic heterocycles. The number of nitro benzene ring substituents is 1. The van der Waals surface area contributed by atoms with Crippen molar-refractivity contribution >= 4 is 28.7 Å². The fourth-order valence-corrected chi connectivity index (χ4v) is 3.31. The van der Waals surface area contributed by atoms with E-state index in [1.165, 1.54) is 18.2 Å². The van der Waals surface area contributed by atoms with Crippen LogP contribution < -0.4 is 10.6 Å². The van der Waals surface area contributed by atoms with Gasteiger partial charge >= 0.3 is 6.09 Å². The monoisotopic (exact) mass is 497 g/mol. The number of carbonyl (C=O) groups is 2. The van der Waals surface area contributed by atoms with Gasteiger partial charge in [0.15, 0.2) is 0 Å². The lowest BCUT2D eigenvalue weighted by Crippen LogP contribution is -2.56. The predicted octanol–water partition coefficient (Wildman–Crippen LogP) is 4.15. The predicted molar refractivity (Wildman–Crippen MR) is 133 cm³/mol. The van der Waals surface area contributed by atoms with Crippen molar-refractivity contribution in [3.8, 4) is 0 Å². The van der Waals surface area contributed by atoms with Crippen LogP contribution in [0.5, 0.6) is 0 Å². The number of non-ortho nitro benzene ring substituents is 1. The Morgan fingerprint density at radius 1 is 1.11 bits per heavy atom. The number of H-pyrrole nitrogens is 1. The molecule has 1 atom stereocenters. The lowest BCUT2D eigenvalue weighted by atomic mass is 10.0. The Morgan fingerprint density at radius 2 is 1.81 bits per heavy atom. The zero-order valence-electron chi connectivity index (χ0n) is 21.0. The SMILES string of the molecule is CC(C)(C)OC(=O)NC(C)(C)C(=O)N[C@H](COCc1ccccc1)c1nc2ccc([N+](=O)[O-])cc2[nH]1. The van der Waals surface area contributed by atoms with Gasteiger partial charge in [-0.05, 0) is 46.2 Å². The van der Waals surface area contributed by atoms with E-state index in [0.29, 0.717) is 23.5 Å². The lowest BCUT2D eigenvalue weighted by molar-refractivity contribution is -0.384. The van der Waals surface area contributed by atoms with E-state index in [0.717, 1.165) is 5.56 Å². The van der Waals surface area contributed by atoms with Crippen molar-refractivity contribution < 1.29 is 24.0 Å². The first-order valence-electron chi connectivity index (χ1n) is 11.4. The van der Waals surface area contributed by atoms with Crippen molar-refractivity contribution in [1.29, 1.82) is 0 Å². The van der Waals surface area contributed by atoms with Gasteiger partial charge in [0.25, 0.3) is 5.69 Å². The second kappa shape index (κ2) is 10.7. The van der Waals surface area contributed by atoms with Crippen molar-refractivity contribution in [3.05, 3.63) is 70.0 Å². The molecular formula is C25H31N5O6. The average molecular weight is 498 g/mol. The maximum Gasteiger partial charge on any atom is 0.408 e. The van der Waals surface area contributed by atoms with E-state index in [2.05, 4.69) is 20.6 Å². The number of hydrogen-bond acceptors (Lipinski definition) is 7. The Bertz CT molecular complexity index is 1230. The fourth-order valence-electron chi connectivity index (χ4n) is 3.31. The van der Waals surface area contributed by atoms with Crippen LogP contribution in [0, 0.1) is 10.1 Å². The van der Waals surface area contributed by atoms with E-state index in [9.17, 15) is 19.7 Å². The smallest absolute Gasteiger partial charge is 0.408 e. The second-order valence-corrected chi connectivity index (χ2v) is 9.86. The quantitative estimate of drug-likeness (QED) is 0.297. The van der Waals surface area contributed by atoms with E-state index in [-0.39, 0.29) is 12.3 Å². The van der Waals surface area contributed by atoms with Crippen LogP contribution in [0.4, 0.5) is 10.5 Å². The van der Waals surface area contributed by atoms with Gasteiger partial charge in [0.05, 0.1) is 29.2 Å². The number of nitrogens with one attached hydrogen (secondary N) is 3. The van der Waals surface area contributed by atoms with Gasteiger partial charge in [-0.1, -0.05) is 30.3 Å². The molecule has 0 aliphatic carbocycles. The number of alkyl carbamates (subject to hydrolysis) is 1. The molecule has 0 aliphatic rings. The molecule has 3 aromatic rings. The van der Waals surface area contributed by atoms with Gasteiger partial charge in [-0.15, -0.1) is 0 Å². The zero-order chi connectivity index (χ0) is 26.5. The highest BCUT2D eigenvalue weighted by Crippen LogP contribution is 2.22. The molecule has 0 saturated heterocycles. The molecule has 2 aromatic carbocycles. The molecule has 192 valence electrons. The number of rotatable bonds is 9. The summed E-state index contributed by atoms with van der Waals surface area (Å²) >= 11 is 0. The normalized spacial score (nSPS) is 12.7. The van der Waals surface area contributed by atoms with Crippen LogP contribution in [0.25, 0.3) is 11.0 Å². The summed E-state index contributed by atoms with van der Waals surface area (Å²) < 4.78 is 11.1. The highest BCUT2D eigenvalue weighted by Gasteiger charge is 2.34. The van der Waals surface area contributed by atoms with E-state index in [1.807, 2.05) is 30.3 Å². The standard InChI is InChI=1S/C25H31N5O6/c1-24(2,3)36-23(32)29-25(4,5)22(31)28-20(15-35-14-16-9-7-6-8-10-16)21-26-18-12-11-17(30(33)34)13-19(18)27-21/h6-13,20H,14-15H2,1-5H3,(H,26,27)(H,28,31)(H,29,32)/t20-/m1/s1. The average Bonchev–Trinajstić information content (AvgIpc) is 3.20. The van der Waals surface area contributed by atoms with E-state index >= 15 is 0 Å². The number of aromatic amines is 1. The fraction of sp³-hybridized carbons (Fsp3) is 0.400. The molecule has 11 heteroatoms. The number of imidazole rings is 1. The van der Waals surface area contributed by atoms with Crippen LogP contribution in [0.15, 0.2) is 48.5 Å². The Balaban J connectivity index is 1.80. The molecule has 0 radical (unpaired) electrons. The molecule has 36 heavy (non-hydrogen) atoms. The first kappa shape index (κ1) is 26.6. The summed E-state index contributed by atoms with van der Waals surface area (Å²) in [7, 11) is 0. The number of aromatic nitrogens is 2. The minimum absolute atomic E-state index is 0.0606. The maximum atomic E-state index is 13.2. The van der Waals surface area contributed by atoms with Gasteiger partial charge in [-0.2, -0.15) is 0 Å². The summed E-state index contributed by atoms with van der Waals surface area (Å²) in [4.78, 5) is 43.6. The van der Waals surface area contributed by atoms with Gasteiger partial charge in [-0.25, -0.2) is 9.78 Å². The molecule has 0 saturated carbocycles. The molecular weight excluding hydrogens is 466 g/mol. The van der Waals surface area contributed by atoms with Gasteiger partial charge in [0.1, 0.15) is 23.0 Å². The summed E-state index contributed by atoms with van der Waals surface area (Å²) in [6.45, 7) is 8.65. The number of nitrogens with zero attached hydrogens (tertiary/aromatic N) is 2. The van der Waals surface area contributed by atoms with Crippen molar-refractivity contribution in [2.75, 3.05) is 6.61 Å². The molecule has 11 nitrogen and oxygen atoms in total. The van der Waals surface area contributed by atoms with Crippen LogP contribution in [0.2, 0.25) is 0 Å². The summed E-state index contributed by atoms with van der Waals surface area (Å²) in [5, 5.41) is 16.6. The van der Waals surface area contributed by atoms with Crippen LogP contribution in [0.1, 0.15) is 52.0 Å². The molecule has 0 unspecified atom stereocenters. The summed E-state index contributed by atoms with van der Waals surface area (Å²) in [6, 6.07) is 13.1. The third kappa shape index (κ3) is 7.25.